The van der Waals surface area contributed by atoms with Crippen molar-refractivity contribution in [2.75, 3.05) is 11.9 Å². The number of amides is 2. The zero-order valence-corrected chi connectivity index (χ0v) is 14.4. The van der Waals surface area contributed by atoms with E-state index in [1.807, 2.05) is 48.5 Å². The van der Waals surface area contributed by atoms with E-state index in [4.69, 9.17) is 0 Å². The average molecular weight is 341 g/mol. The molecule has 2 amide bonds. The highest BCUT2D eigenvalue weighted by Crippen LogP contribution is 2.34. The first kappa shape index (κ1) is 16.4. The molecule has 0 saturated carbocycles. The van der Waals surface area contributed by atoms with Crippen molar-refractivity contribution in [1.29, 1.82) is 0 Å². The molecule has 0 atom stereocenters. The largest absolute Gasteiger partial charge is 0.394 e. The van der Waals surface area contributed by atoms with Crippen molar-refractivity contribution >= 4 is 33.3 Å². The van der Waals surface area contributed by atoms with Gasteiger partial charge in [-0.1, -0.05) is 24.3 Å². The highest BCUT2D eigenvalue weighted by atomic mass is 32.1. The Morgan fingerprint density at radius 1 is 1.17 bits per heavy atom. The molecule has 0 bridgehead atoms. The summed E-state index contributed by atoms with van der Waals surface area (Å²) in [6, 6.07) is 15.1. The molecule has 0 unspecified atom stereocenters. The van der Waals surface area contributed by atoms with Gasteiger partial charge in [0.1, 0.15) is 5.01 Å². The smallest absolute Gasteiger partial charge is 0.319 e. The summed E-state index contributed by atoms with van der Waals surface area (Å²) in [6.07, 6.45) is 0. The van der Waals surface area contributed by atoms with Crippen LogP contribution in [-0.4, -0.2) is 28.3 Å². The van der Waals surface area contributed by atoms with Crippen molar-refractivity contribution in [1.82, 2.24) is 10.3 Å². The lowest BCUT2D eigenvalue weighted by Gasteiger charge is -2.23. The summed E-state index contributed by atoms with van der Waals surface area (Å²) in [5.41, 5.74) is 1.81. The predicted octanol–water partition coefficient (Wildman–Crippen LogP) is 3.86. The Morgan fingerprint density at radius 3 is 2.62 bits per heavy atom. The number of fused-ring (bicyclic) bond motifs is 1. The number of aliphatic hydroxyl groups excluding tert-OH is 1. The lowest BCUT2D eigenvalue weighted by atomic mass is 10.1. The van der Waals surface area contributed by atoms with E-state index in [2.05, 4.69) is 15.6 Å². The third-order valence-corrected chi connectivity index (χ3v) is 4.62. The van der Waals surface area contributed by atoms with Gasteiger partial charge in [-0.05, 0) is 38.1 Å². The van der Waals surface area contributed by atoms with Gasteiger partial charge in [-0.3, -0.25) is 0 Å². The molecule has 3 aromatic rings. The van der Waals surface area contributed by atoms with Gasteiger partial charge in [0.15, 0.2) is 0 Å². The molecule has 5 nitrogen and oxygen atoms in total. The fourth-order valence-corrected chi connectivity index (χ4v) is 3.27. The molecule has 1 heterocycles. The van der Waals surface area contributed by atoms with Crippen LogP contribution in [0.4, 0.5) is 10.5 Å². The Morgan fingerprint density at radius 2 is 1.88 bits per heavy atom. The molecule has 3 rings (SSSR count). The highest BCUT2D eigenvalue weighted by molar-refractivity contribution is 7.21. The third kappa shape index (κ3) is 3.55. The molecule has 0 aliphatic heterocycles. The van der Waals surface area contributed by atoms with Gasteiger partial charge in [0.05, 0.1) is 28.0 Å². The highest BCUT2D eigenvalue weighted by Gasteiger charge is 2.20. The Labute approximate surface area is 144 Å². The maximum Gasteiger partial charge on any atom is 0.319 e. The number of thiazole rings is 1. The summed E-state index contributed by atoms with van der Waals surface area (Å²) in [5, 5.41) is 15.7. The Kier molecular flexibility index (Phi) is 4.51. The number of urea groups is 1. The van der Waals surface area contributed by atoms with Crippen molar-refractivity contribution < 1.29 is 9.90 Å². The molecule has 2 aromatic carbocycles. The van der Waals surface area contributed by atoms with Crippen LogP contribution < -0.4 is 10.6 Å². The number of hydrogen-bond donors (Lipinski definition) is 3. The van der Waals surface area contributed by atoms with Gasteiger partial charge >= 0.3 is 6.03 Å². The average Bonchev–Trinajstić information content (AvgIpc) is 2.98. The van der Waals surface area contributed by atoms with E-state index in [-0.39, 0.29) is 12.6 Å². The fourth-order valence-electron chi connectivity index (χ4n) is 2.27. The molecular weight excluding hydrogens is 322 g/mol. The maximum atomic E-state index is 12.2. The van der Waals surface area contributed by atoms with E-state index in [9.17, 15) is 9.90 Å². The number of hydrogen-bond acceptors (Lipinski definition) is 4. The molecule has 0 saturated heterocycles. The quantitative estimate of drug-likeness (QED) is 0.675. The molecule has 1 aromatic heterocycles. The summed E-state index contributed by atoms with van der Waals surface area (Å²) < 4.78 is 1.10. The zero-order valence-electron chi connectivity index (χ0n) is 13.5. The summed E-state index contributed by atoms with van der Waals surface area (Å²) in [7, 11) is 0. The van der Waals surface area contributed by atoms with Crippen LogP contribution in [0.1, 0.15) is 13.8 Å². The number of aliphatic hydroxyl groups is 1. The number of carbonyl (C=O) groups excluding carboxylic acids is 1. The molecule has 0 fully saturated rings. The second-order valence-corrected chi connectivity index (χ2v) is 7.18. The first-order valence-corrected chi connectivity index (χ1v) is 8.45. The summed E-state index contributed by atoms with van der Waals surface area (Å²) in [4.78, 5) is 16.8. The maximum absolute atomic E-state index is 12.2. The van der Waals surface area contributed by atoms with Gasteiger partial charge in [-0.15, -0.1) is 11.3 Å². The van der Waals surface area contributed by atoms with E-state index in [1.54, 1.807) is 25.2 Å². The van der Waals surface area contributed by atoms with Crippen molar-refractivity contribution in [3.63, 3.8) is 0 Å². The number of rotatable bonds is 4. The van der Waals surface area contributed by atoms with E-state index >= 15 is 0 Å². The van der Waals surface area contributed by atoms with Crippen LogP contribution in [0.25, 0.3) is 20.8 Å². The number of carbonyl (C=O) groups is 1. The molecule has 0 spiro atoms. The third-order valence-electron chi connectivity index (χ3n) is 3.55. The molecule has 0 aliphatic rings. The van der Waals surface area contributed by atoms with E-state index in [1.165, 1.54) is 0 Å². The van der Waals surface area contributed by atoms with Gasteiger partial charge in [-0.25, -0.2) is 9.78 Å². The molecule has 124 valence electrons. The molecule has 24 heavy (non-hydrogen) atoms. The van der Waals surface area contributed by atoms with Gasteiger partial charge in [0.2, 0.25) is 0 Å². The minimum absolute atomic E-state index is 0.139. The van der Waals surface area contributed by atoms with E-state index < -0.39 is 5.54 Å². The number of benzene rings is 2. The first-order valence-electron chi connectivity index (χ1n) is 7.63. The first-order chi connectivity index (χ1) is 11.5. The predicted molar refractivity (Wildman–Crippen MR) is 98.4 cm³/mol. The Bertz CT molecular complexity index is 840. The van der Waals surface area contributed by atoms with Crippen LogP contribution in [0.3, 0.4) is 0 Å². The summed E-state index contributed by atoms with van der Waals surface area (Å²) in [5.74, 6) is 0. The van der Waals surface area contributed by atoms with Crippen molar-refractivity contribution in [3.05, 3.63) is 48.5 Å². The van der Waals surface area contributed by atoms with Crippen molar-refractivity contribution in [3.8, 4) is 10.6 Å². The lowest BCUT2D eigenvalue weighted by molar-refractivity contribution is 0.187. The van der Waals surface area contributed by atoms with Crippen LogP contribution in [0.15, 0.2) is 48.5 Å². The van der Waals surface area contributed by atoms with Crippen LogP contribution in [-0.2, 0) is 0 Å². The van der Waals surface area contributed by atoms with Gasteiger partial charge in [-0.2, -0.15) is 0 Å². The van der Waals surface area contributed by atoms with Gasteiger partial charge in [0.25, 0.3) is 0 Å². The van der Waals surface area contributed by atoms with Crippen LogP contribution >= 0.6 is 11.3 Å². The van der Waals surface area contributed by atoms with Crippen molar-refractivity contribution in [2.45, 2.75) is 19.4 Å². The second-order valence-electron chi connectivity index (χ2n) is 6.15. The molecule has 0 aliphatic carbocycles. The summed E-state index contributed by atoms with van der Waals surface area (Å²) >= 11 is 1.59. The van der Waals surface area contributed by atoms with E-state index in [0.29, 0.717) is 5.69 Å². The van der Waals surface area contributed by atoms with Crippen molar-refractivity contribution in [2.24, 2.45) is 0 Å². The number of aromatic nitrogens is 1. The lowest BCUT2D eigenvalue weighted by Crippen LogP contribution is -2.48. The number of nitrogens with one attached hydrogen (secondary N) is 2. The molecule has 3 N–H and O–H groups in total. The zero-order chi connectivity index (χ0) is 17.2. The normalized spacial score (nSPS) is 11.5. The number of anilines is 1. The number of nitrogens with zero attached hydrogens (tertiary/aromatic N) is 1. The Hall–Kier alpha value is -2.44. The summed E-state index contributed by atoms with van der Waals surface area (Å²) in [6.45, 7) is 3.37. The van der Waals surface area contributed by atoms with Crippen LogP contribution in [0.2, 0.25) is 0 Å². The standard InChI is InChI=1S/C18H19N3O2S/c1-18(2,11-22)21-17(23)20-13-8-4-3-7-12(13)16-19-14-9-5-6-10-15(14)24-16/h3-10,22H,11H2,1-2H3,(H2,20,21,23). The monoisotopic (exact) mass is 341 g/mol. The van der Waals surface area contributed by atoms with Gasteiger partial charge in [0, 0.05) is 5.56 Å². The second kappa shape index (κ2) is 6.59. The van der Waals surface area contributed by atoms with Crippen LogP contribution in [0, 0.1) is 0 Å². The number of para-hydroxylation sites is 2. The van der Waals surface area contributed by atoms with E-state index in [0.717, 1.165) is 20.8 Å². The molecule has 6 heteroatoms. The topological polar surface area (TPSA) is 74.2 Å². The minimum Gasteiger partial charge on any atom is -0.394 e. The fraction of sp³-hybridized carbons (Fsp3) is 0.222. The van der Waals surface area contributed by atoms with Gasteiger partial charge < -0.3 is 15.7 Å². The Balaban J connectivity index is 1.89. The van der Waals surface area contributed by atoms with Crippen LogP contribution in [0.5, 0.6) is 0 Å². The molecule has 0 radical (unpaired) electrons. The molecular formula is C18H19N3O2S. The minimum atomic E-state index is -0.686. The SMILES string of the molecule is CC(C)(CO)NC(=O)Nc1ccccc1-c1nc2ccccc2s1.